The number of alkyl halides is 3. The summed E-state index contributed by atoms with van der Waals surface area (Å²) in [6.07, 6.45) is -4.60. The molecule has 0 atom stereocenters. The summed E-state index contributed by atoms with van der Waals surface area (Å²) in [5.74, 6) is -1.30. The van der Waals surface area contributed by atoms with Gasteiger partial charge in [0.15, 0.2) is 0 Å². The van der Waals surface area contributed by atoms with Crippen molar-refractivity contribution in [3.63, 3.8) is 0 Å². The third-order valence-electron chi connectivity index (χ3n) is 4.31. The van der Waals surface area contributed by atoms with Gasteiger partial charge in [-0.05, 0) is 10.8 Å². The van der Waals surface area contributed by atoms with Gasteiger partial charge in [0.2, 0.25) is 5.82 Å². The number of halogens is 3. The van der Waals surface area contributed by atoms with E-state index >= 15 is 0 Å². The van der Waals surface area contributed by atoms with Crippen LogP contribution in [0.1, 0.15) is 33.5 Å². The number of rotatable bonds is 2. The zero-order valence-corrected chi connectivity index (χ0v) is 11.3. The quantitative estimate of drug-likeness (QED) is 0.870. The van der Waals surface area contributed by atoms with Crippen molar-refractivity contribution in [2.45, 2.75) is 39.9 Å². The van der Waals surface area contributed by atoms with Gasteiger partial charge in [0.25, 0.3) is 0 Å². The van der Waals surface area contributed by atoms with E-state index in [-0.39, 0.29) is 28.5 Å². The summed E-state index contributed by atoms with van der Waals surface area (Å²) in [6.45, 7) is 8.22. The van der Waals surface area contributed by atoms with Gasteiger partial charge >= 0.3 is 6.18 Å². The topological polar surface area (TPSA) is 63.8 Å². The number of hydrogen-bond donors (Lipinski definition) is 2. The Morgan fingerprint density at radius 1 is 1.16 bits per heavy atom. The van der Waals surface area contributed by atoms with Crippen LogP contribution in [-0.4, -0.2) is 16.0 Å². The van der Waals surface area contributed by atoms with Crippen molar-refractivity contribution >= 4 is 11.6 Å². The fraction of sp³-hybridized carbons (Fsp3) is 0.667. The molecule has 1 saturated carbocycles. The van der Waals surface area contributed by atoms with E-state index in [9.17, 15) is 13.2 Å². The largest absolute Gasteiger partial charge is 0.451 e. The lowest BCUT2D eigenvalue weighted by Gasteiger charge is -2.11. The summed E-state index contributed by atoms with van der Waals surface area (Å²) in [7, 11) is 0. The smallest absolute Gasteiger partial charge is 0.384 e. The molecule has 19 heavy (non-hydrogen) atoms. The zero-order valence-electron chi connectivity index (χ0n) is 11.3. The average molecular weight is 274 g/mol. The van der Waals surface area contributed by atoms with Crippen LogP contribution in [0.15, 0.2) is 6.07 Å². The monoisotopic (exact) mass is 274 g/mol. The summed E-state index contributed by atoms with van der Waals surface area (Å²) in [5, 5.41) is 3.02. The number of aromatic nitrogens is 2. The van der Waals surface area contributed by atoms with Crippen LogP contribution >= 0.6 is 0 Å². The molecule has 0 unspecified atom stereocenters. The molecule has 1 aliphatic rings. The first-order valence-electron chi connectivity index (χ1n) is 5.94. The predicted octanol–water partition coefficient (Wildman–Crippen LogP) is 2.92. The van der Waals surface area contributed by atoms with Crippen LogP contribution < -0.4 is 11.1 Å². The minimum atomic E-state index is -4.60. The Morgan fingerprint density at radius 3 is 2.11 bits per heavy atom. The number of anilines is 2. The van der Waals surface area contributed by atoms with Crippen molar-refractivity contribution in [2.75, 3.05) is 11.1 Å². The van der Waals surface area contributed by atoms with Gasteiger partial charge in [-0.25, -0.2) is 9.97 Å². The molecule has 1 fully saturated rings. The normalized spacial score (nSPS) is 21.2. The van der Waals surface area contributed by atoms with Gasteiger partial charge < -0.3 is 11.1 Å². The fourth-order valence-corrected chi connectivity index (χ4v) is 2.37. The van der Waals surface area contributed by atoms with Crippen molar-refractivity contribution in [3.05, 3.63) is 11.9 Å². The molecule has 7 heteroatoms. The lowest BCUT2D eigenvalue weighted by Crippen LogP contribution is -2.17. The maximum absolute atomic E-state index is 12.6. The molecule has 3 N–H and O–H groups in total. The Kier molecular flexibility index (Phi) is 2.73. The van der Waals surface area contributed by atoms with Gasteiger partial charge in [0, 0.05) is 12.1 Å². The molecular weight excluding hydrogens is 257 g/mol. The molecule has 0 spiro atoms. The van der Waals surface area contributed by atoms with Gasteiger partial charge in [0.1, 0.15) is 11.6 Å². The standard InChI is InChI=1S/C12H17F3N4/c1-10(2)8(11(10,3)4)18-7-5-6(16)17-9(19-7)12(13,14)15/h5,8H,1-4H3,(H3,16,17,18,19). The molecule has 4 nitrogen and oxygen atoms in total. The predicted molar refractivity (Wildman–Crippen MR) is 66.4 cm³/mol. The van der Waals surface area contributed by atoms with Crippen LogP contribution in [0.5, 0.6) is 0 Å². The summed E-state index contributed by atoms with van der Waals surface area (Å²) in [4.78, 5) is 6.70. The molecule has 0 radical (unpaired) electrons. The van der Waals surface area contributed by atoms with Crippen LogP contribution in [0.4, 0.5) is 24.8 Å². The third-order valence-corrected chi connectivity index (χ3v) is 4.31. The molecular formula is C12H17F3N4. The van der Waals surface area contributed by atoms with E-state index in [4.69, 9.17) is 5.73 Å². The minimum Gasteiger partial charge on any atom is -0.384 e. The second-order valence-corrected chi connectivity index (χ2v) is 6.02. The maximum atomic E-state index is 12.6. The van der Waals surface area contributed by atoms with Crippen molar-refractivity contribution < 1.29 is 13.2 Å². The molecule has 1 heterocycles. The molecule has 1 aromatic rings. The number of nitrogens with two attached hydrogens (primary N) is 1. The molecule has 0 aromatic carbocycles. The van der Waals surface area contributed by atoms with Crippen molar-refractivity contribution in [3.8, 4) is 0 Å². The average Bonchev–Trinajstić information content (AvgIpc) is 2.59. The SMILES string of the molecule is CC1(C)C(Nc2cc(N)nc(C(F)(F)F)n2)C1(C)C. The van der Waals surface area contributed by atoms with Crippen molar-refractivity contribution in [1.82, 2.24) is 9.97 Å². The highest BCUT2D eigenvalue weighted by atomic mass is 19.4. The lowest BCUT2D eigenvalue weighted by atomic mass is 10.0. The Balaban J connectivity index is 2.26. The summed E-state index contributed by atoms with van der Waals surface area (Å²) >= 11 is 0. The van der Waals surface area contributed by atoms with Gasteiger partial charge in [-0.15, -0.1) is 0 Å². The van der Waals surface area contributed by atoms with Gasteiger partial charge in [-0.1, -0.05) is 27.7 Å². The van der Waals surface area contributed by atoms with E-state index in [1.165, 1.54) is 6.07 Å². The molecule has 1 aromatic heterocycles. The van der Waals surface area contributed by atoms with Gasteiger partial charge in [-0.3, -0.25) is 0 Å². The molecule has 0 amide bonds. The molecule has 0 saturated heterocycles. The lowest BCUT2D eigenvalue weighted by molar-refractivity contribution is -0.144. The van der Waals surface area contributed by atoms with Crippen LogP contribution in [0.2, 0.25) is 0 Å². The van der Waals surface area contributed by atoms with E-state index in [0.717, 1.165) is 0 Å². The van der Waals surface area contributed by atoms with Crippen LogP contribution in [-0.2, 0) is 6.18 Å². The highest BCUT2D eigenvalue weighted by Gasteiger charge is 2.65. The Labute approximate surface area is 109 Å². The fourth-order valence-electron chi connectivity index (χ4n) is 2.37. The minimum absolute atomic E-state index is 0.00882. The van der Waals surface area contributed by atoms with Crippen LogP contribution in [0, 0.1) is 10.8 Å². The second-order valence-electron chi connectivity index (χ2n) is 6.02. The molecule has 0 bridgehead atoms. The number of nitrogens with zero attached hydrogens (tertiary/aromatic N) is 2. The number of nitrogen functional groups attached to an aromatic ring is 1. The summed E-state index contributed by atoms with van der Waals surface area (Å²) in [6, 6.07) is 1.37. The first-order valence-corrected chi connectivity index (χ1v) is 5.94. The number of hydrogen-bond acceptors (Lipinski definition) is 4. The van der Waals surface area contributed by atoms with Crippen LogP contribution in [0.3, 0.4) is 0 Å². The first kappa shape index (κ1) is 13.9. The summed E-state index contributed by atoms with van der Waals surface area (Å²) in [5.41, 5.74) is 5.38. The third kappa shape index (κ3) is 2.21. The zero-order chi connectivity index (χ0) is 14.6. The van der Waals surface area contributed by atoms with E-state index in [1.807, 2.05) is 0 Å². The molecule has 1 aliphatic carbocycles. The maximum Gasteiger partial charge on any atom is 0.451 e. The van der Waals surface area contributed by atoms with E-state index < -0.39 is 12.0 Å². The molecule has 106 valence electrons. The molecule has 2 rings (SSSR count). The van der Waals surface area contributed by atoms with Crippen molar-refractivity contribution in [2.24, 2.45) is 10.8 Å². The highest BCUT2D eigenvalue weighted by molar-refractivity contribution is 5.48. The Morgan fingerprint density at radius 2 is 1.68 bits per heavy atom. The highest BCUT2D eigenvalue weighted by Crippen LogP contribution is 2.63. The van der Waals surface area contributed by atoms with Crippen molar-refractivity contribution in [1.29, 1.82) is 0 Å². The summed E-state index contributed by atoms with van der Waals surface area (Å²) < 4.78 is 37.8. The number of nitrogens with one attached hydrogen (secondary N) is 1. The van der Waals surface area contributed by atoms with Gasteiger partial charge in [0.05, 0.1) is 0 Å². The second kappa shape index (κ2) is 3.74. The van der Waals surface area contributed by atoms with Gasteiger partial charge in [-0.2, -0.15) is 13.2 Å². The van der Waals surface area contributed by atoms with E-state index in [2.05, 4.69) is 43.0 Å². The molecule has 0 aliphatic heterocycles. The Hall–Kier alpha value is -1.53. The van der Waals surface area contributed by atoms with E-state index in [1.54, 1.807) is 0 Å². The van der Waals surface area contributed by atoms with E-state index in [0.29, 0.717) is 0 Å². The Bertz CT molecular complexity index is 494. The first-order chi connectivity index (χ1) is 8.46. The van der Waals surface area contributed by atoms with Crippen LogP contribution in [0.25, 0.3) is 0 Å².